The first-order chi connectivity index (χ1) is 5.41. The van der Waals surface area contributed by atoms with E-state index in [1.807, 2.05) is 0 Å². The van der Waals surface area contributed by atoms with E-state index < -0.39 is 26.0 Å². The van der Waals surface area contributed by atoms with Gasteiger partial charge in [-0.15, -0.1) is 3.97 Å². The van der Waals surface area contributed by atoms with E-state index in [-0.39, 0.29) is 5.48 Å². The van der Waals surface area contributed by atoms with Crippen LogP contribution >= 0.6 is 15.6 Å². The Morgan fingerprint density at radius 3 is 1.64 bits per heavy atom. The predicted octanol–water partition coefficient (Wildman–Crippen LogP) is -1.81. The molecule has 0 aromatic carbocycles. The molecule has 1 atom stereocenters. The monoisotopic (exact) mass is 276 g/mol. The zero-order valence-corrected chi connectivity index (χ0v) is 8.65. The van der Waals surface area contributed by atoms with Crippen LogP contribution in [0.1, 0.15) is 0 Å². The molecule has 6 N–H and O–H groups in total. The largest absolute Gasteiger partial charge is 0.497 e. The van der Waals surface area contributed by atoms with Gasteiger partial charge in [0, 0.05) is 0 Å². The van der Waals surface area contributed by atoms with Crippen LogP contribution in [0.25, 0.3) is 0 Å². The number of rotatable bonds is 4. The molecule has 0 spiro atoms. The average Bonchev–Trinajstić information content (AvgIpc) is 1.43. The smallest absolute Gasteiger partial charge is 0.412 e. The lowest BCUT2D eigenvalue weighted by molar-refractivity contribution is 0.225. The topological polar surface area (TPSA) is 199 Å². The van der Waals surface area contributed by atoms with E-state index >= 15 is 0 Å². The van der Waals surface area contributed by atoms with E-state index in [0.29, 0.717) is 0 Å². The summed E-state index contributed by atoms with van der Waals surface area (Å²) in [6.07, 6.45) is 0. The first-order valence-corrected chi connectivity index (χ1v) is 6.59. The van der Waals surface area contributed by atoms with E-state index in [0.717, 1.165) is 0 Å². The minimum atomic E-state index is -5.54. The summed E-state index contributed by atoms with van der Waals surface area (Å²) in [5.74, 6) is 0. The van der Waals surface area contributed by atoms with Crippen LogP contribution in [0.15, 0.2) is 0 Å². The van der Waals surface area contributed by atoms with Gasteiger partial charge < -0.3 is 20.2 Å². The summed E-state index contributed by atoms with van der Waals surface area (Å²) in [5, 5.41) is 0. The van der Waals surface area contributed by atoms with Gasteiger partial charge in [0.15, 0.2) is 0 Å². The maximum absolute atomic E-state index is 10.3. The van der Waals surface area contributed by atoms with Crippen molar-refractivity contribution in [1.29, 1.82) is 0 Å². The lowest BCUT2D eigenvalue weighted by Crippen LogP contribution is -2.02. The third kappa shape index (κ3) is 10.2. The Morgan fingerprint density at radius 1 is 1.07 bits per heavy atom. The van der Waals surface area contributed by atoms with Gasteiger partial charge in [0.25, 0.3) is 0 Å². The van der Waals surface area contributed by atoms with Gasteiger partial charge in [0.2, 0.25) is 0 Å². The normalized spacial score (nSPS) is 16.9. The predicted molar refractivity (Wildman–Crippen MR) is 39.2 cm³/mol. The fourth-order valence-corrected chi connectivity index (χ4v) is 2.65. The summed E-state index contributed by atoms with van der Waals surface area (Å²) in [5.41, 5.74) is 0. The zero-order chi connectivity index (χ0) is 10.9. The van der Waals surface area contributed by atoms with Crippen molar-refractivity contribution in [1.82, 2.24) is 0 Å². The fraction of sp³-hybridized carbons (Fsp3) is 0. The van der Waals surface area contributed by atoms with Gasteiger partial charge in [-0.2, -0.15) is 12.7 Å². The molecule has 0 fully saturated rings. The highest BCUT2D eigenvalue weighted by atomic mass is 32.3. The molecule has 14 heteroatoms. The summed E-state index contributed by atoms with van der Waals surface area (Å²) in [6.45, 7) is 0. The van der Waals surface area contributed by atoms with Crippen LogP contribution < -0.4 is 0 Å². The van der Waals surface area contributed by atoms with Crippen LogP contribution in [0.4, 0.5) is 0 Å². The van der Waals surface area contributed by atoms with Gasteiger partial charge in [-0.05, 0) is 0 Å². The molecular formula is H6O11P2S. The molecular weight excluding hydrogens is 270 g/mol. The first-order valence-electron chi connectivity index (χ1n) is 2.20. The third-order valence-electron chi connectivity index (χ3n) is 0.398. The zero-order valence-electron chi connectivity index (χ0n) is 6.04. The van der Waals surface area contributed by atoms with Gasteiger partial charge in [0.1, 0.15) is 0 Å². The molecule has 0 aromatic heterocycles. The Hall–Kier alpha value is 0.130. The maximum atomic E-state index is 10.3. The Balaban J connectivity index is 0. The quantitative estimate of drug-likeness (QED) is 0.335. The Labute approximate surface area is 77.4 Å². The number of hydrogen-bond acceptors (Lipinski definition) is 6. The van der Waals surface area contributed by atoms with Crippen LogP contribution in [-0.2, 0) is 27.8 Å². The average molecular weight is 276 g/mol. The minimum Gasteiger partial charge on any atom is -0.412 e. The standard InChI is InChI=1S/H4O10P2S.H2O/c1-11(2,3)9-12(4,5)10-13(6,7)8;/h(H,4,5)(H2,1,2,3)(H,6,7,8);1H2. The second-order valence-electron chi connectivity index (χ2n) is 1.54. The van der Waals surface area contributed by atoms with Gasteiger partial charge in [-0.1, -0.05) is 0 Å². The summed E-state index contributed by atoms with van der Waals surface area (Å²) in [6, 6.07) is 0. The lowest BCUT2D eigenvalue weighted by Gasteiger charge is -2.08. The van der Waals surface area contributed by atoms with Crippen molar-refractivity contribution in [3.63, 3.8) is 0 Å². The molecule has 0 aliphatic heterocycles. The van der Waals surface area contributed by atoms with E-state index in [9.17, 15) is 17.5 Å². The van der Waals surface area contributed by atoms with E-state index in [1.165, 1.54) is 0 Å². The van der Waals surface area contributed by atoms with Crippen molar-refractivity contribution in [2.45, 2.75) is 0 Å². The van der Waals surface area contributed by atoms with Crippen molar-refractivity contribution in [2.75, 3.05) is 0 Å². The minimum absolute atomic E-state index is 0. The summed E-state index contributed by atoms with van der Waals surface area (Å²) in [4.78, 5) is 24.2. The van der Waals surface area contributed by atoms with Crippen molar-refractivity contribution >= 4 is 26.0 Å². The van der Waals surface area contributed by atoms with Gasteiger partial charge in [-0.25, -0.2) is 9.13 Å². The van der Waals surface area contributed by atoms with Crippen LogP contribution in [-0.4, -0.2) is 33.1 Å². The molecule has 1 unspecified atom stereocenters. The second-order valence-corrected chi connectivity index (χ2v) is 5.57. The molecule has 0 bridgehead atoms. The number of hydrogen-bond donors (Lipinski definition) is 4. The van der Waals surface area contributed by atoms with E-state index in [1.54, 1.807) is 0 Å². The Morgan fingerprint density at radius 2 is 1.43 bits per heavy atom. The Kier molecular flexibility index (Phi) is 5.64. The molecule has 0 aliphatic carbocycles. The summed E-state index contributed by atoms with van der Waals surface area (Å²) >= 11 is 0. The van der Waals surface area contributed by atoms with Gasteiger partial charge >= 0.3 is 26.0 Å². The molecule has 0 saturated heterocycles. The van der Waals surface area contributed by atoms with Crippen LogP contribution in [0.5, 0.6) is 0 Å². The highest BCUT2D eigenvalue weighted by Gasteiger charge is 2.36. The molecule has 0 aliphatic rings. The van der Waals surface area contributed by atoms with Crippen molar-refractivity contribution in [2.24, 2.45) is 0 Å². The molecule has 0 saturated carbocycles. The van der Waals surface area contributed by atoms with Crippen LogP contribution in [0.2, 0.25) is 0 Å². The molecule has 0 radical (unpaired) electrons. The van der Waals surface area contributed by atoms with Gasteiger partial charge in [-0.3, -0.25) is 4.55 Å². The van der Waals surface area contributed by atoms with E-state index in [4.69, 9.17) is 19.2 Å². The molecule has 0 rings (SSSR count). The SMILES string of the molecule is O.O=P(O)(O)OP(=O)(O)OS(=O)(=O)O. The molecule has 88 valence electrons. The maximum Gasteiger partial charge on any atom is 0.497 e. The summed E-state index contributed by atoms with van der Waals surface area (Å²) in [7, 11) is -16.3. The third-order valence-corrected chi connectivity index (χ3v) is 3.58. The van der Waals surface area contributed by atoms with E-state index in [2.05, 4.69) is 8.28 Å². The highest BCUT2D eigenvalue weighted by molar-refractivity contribution is 7.86. The lowest BCUT2D eigenvalue weighted by atomic mass is 15.7. The molecule has 0 heterocycles. The highest BCUT2D eigenvalue weighted by Crippen LogP contribution is 2.58. The van der Waals surface area contributed by atoms with Crippen molar-refractivity contribution in [3.8, 4) is 0 Å². The van der Waals surface area contributed by atoms with Crippen molar-refractivity contribution < 1.29 is 50.5 Å². The first kappa shape index (κ1) is 16.6. The molecule has 0 aromatic rings. The molecule has 0 amide bonds. The van der Waals surface area contributed by atoms with Gasteiger partial charge in [0.05, 0.1) is 0 Å². The fourth-order valence-electron chi connectivity index (χ4n) is 0.267. The van der Waals surface area contributed by atoms with Crippen LogP contribution in [0.3, 0.4) is 0 Å². The molecule has 11 nitrogen and oxygen atoms in total. The summed E-state index contributed by atoms with van der Waals surface area (Å²) < 4.78 is 53.6. The van der Waals surface area contributed by atoms with Crippen molar-refractivity contribution in [3.05, 3.63) is 0 Å². The second kappa shape index (κ2) is 4.77. The Bertz CT molecular complexity index is 355. The van der Waals surface area contributed by atoms with Crippen LogP contribution in [0, 0.1) is 0 Å². The number of phosphoric acid groups is 2. The molecule has 14 heavy (non-hydrogen) atoms.